The van der Waals surface area contributed by atoms with Gasteiger partial charge in [-0.25, -0.2) is 0 Å². The number of nitrogens with two attached hydrogens (primary N) is 1. The molecule has 2 atom stereocenters. The number of carbonyl (C=O) groups excluding carboxylic acids is 1. The molecule has 1 aromatic carbocycles. The molecular weight excluding hydrogens is 330 g/mol. The van der Waals surface area contributed by atoms with E-state index in [1.807, 2.05) is 23.1 Å². The number of hydrogen-bond acceptors (Lipinski definition) is 3. The summed E-state index contributed by atoms with van der Waals surface area (Å²) in [5.74, 6) is 0.710. The summed E-state index contributed by atoms with van der Waals surface area (Å²) in [7, 11) is 2.21. The Labute approximate surface area is 134 Å². The van der Waals surface area contributed by atoms with Crippen LogP contribution in [0.3, 0.4) is 0 Å². The van der Waals surface area contributed by atoms with E-state index in [1.165, 1.54) is 19.4 Å². The van der Waals surface area contributed by atoms with Gasteiger partial charge in [0.15, 0.2) is 0 Å². The molecule has 114 valence electrons. The van der Waals surface area contributed by atoms with Crippen molar-refractivity contribution in [3.8, 4) is 0 Å². The number of likely N-dealkylation sites (tertiary alicyclic amines) is 2. The highest BCUT2D eigenvalue weighted by atomic mass is 79.9. The molecule has 2 heterocycles. The van der Waals surface area contributed by atoms with Crippen molar-refractivity contribution in [3.05, 3.63) is 28.2 Å². The molecular formula is C16H22BrN3O. The predicted molar refractivity (Wildman–Crippen MR) is 88.2 cm³/mol. The Balaban J connectivity index is 1.76. The number of hydrogen-bond donors (Lipinski definition) is 1. The Morgan fingerprint density at radius 1 is 1.33 bits per heavy atom. The number of carbonyl (C=O) groups is 1. The van der Waals surface area contributed by atoms with Crippen LogP contribution in [0.5, 0.6) is 0 Å². The first kappa shape index (κ1) is 14.9. The lowest BCUT2D eigenvalue weighted by atomic mass is 9.84. The zero-order chi connectivity index (χ0) is 15.0. The van der Waals surface area contributed by atoms with Crippen molar-refractivity contribution in [2.45, 2.75) is 25.3 Å². The van der Waals surface area contributed by atoms with Gasteiger partial charge < -0.3 is 15.5 Å². The van der Waals surface area contributed by atoms with Crippen molar-refractivity contribution in [1.29, 1.82) is 0 Å². The van der Waals surface area contributed by atoms with Crippen molar-refractivity contribution in [2.24, 2.45) is 5.92 Å². The second kappa shape index (κ2) is 5.97. The summed E-state index contributed by atoms with van der Waals surface area (Å²) < 4.78 is 0.720. The van der Waals surface area contributed by atoms with Gasteiger partial charge in [-0.1, -0.05) is 6.07 Å². The molecule has 3 rings (SSSR count). The molecule has 0 bridgehead atoms. The second-order valence-corrected chi connectivity index (χ2v) is 6.99. The number of nitrogens with zero attached hydrogens (tertiary/aromatic N) is 2. The zero-order valence-electron chi connectivity index (χ0n) is 12.4. The minimum atomic E-state index is 0.0980. The van der Waals surface area contributed by atoms with Gasteiger partial charge in [-0.3, -0.25) is 4.79 Å². The maximum atomic E-state index is 12.8. The van der Waals surface area contributed by atoms with Gasteiger partial charge in [-0.15, -0.1) is 0 Å². The minimum Gasteiger partial charge on any atom is -0.398 e. The van der Waals surface area contributed by atoms with E-state index in [1.54, 1.807) is 0 Å². The molecule has 2 unspecified atom stereocenters. The average molecular weight is 352 g/mol. The summed E-state index contributed by atoms with van der Waals surface area (Å²) >= 11 is 3.45. The quantitative estimate of drug-likeness (QED) is 0.791. The Morgan fingerprint density at radius 2 is 2.14 bits per heavy atom. The van der Waals surface area contributed by atoms with Gasteiger partial charge in [0.1, 0.15) is 0 Å². The maximum absolute atomic E-state index is 12.8. The van der Waals surface area contributed by atoms with E-state index in [0.29, 0.717) is 23.2 Å². The standard InChI is InChI=1S/C16H22BrN3O/c1-19-8-3-4-11-10-20(9-7-14(11)19)16(21)12-5-2-6-13(18)15(12)17/h2,5-6,11,14H,3-4,7-10,18H2,1H3. The number of anilines is 1. The van der Waals surface area contributed by atoms with E-state index in [0.717, 1.165) is 24.0 Å². The lowest BCUT2D eigenvalue weighted by Gasteiger charge is -2.46. The van der Waals surface area contributed by atoms with Crippen LogP contribution in [0.2, 0.25) is 0 Å². The maximum Gasteiger partial charge on any atom is 0.255 e. The first-order valence-electron chi connectivity index (χ1n) is 7.61. The van der Waals surface area contributed by atoms with Crippen LogP contribution in [0.1, 0.15) is 29.6 Å². The highest BCUT2D eigenvalue weighted by molar-refractivity contribution is 9.10. The van der Waals surface area contributed by atoms with Crippen LogP contribution >= 0.6 is 15.9 Å². The van der Waals surface area contributed by atoms with Crippen molar-refractivity contribution in [2.75, 3.05) is 32.4 Å². The fourth-order valence-corrected chi connectivity index (χ4v) is 4.16. The fourth-order valence-electron chi connectivity index (χ4n) is 3.72. The molecule has 5 heteroatoms. The molecule has 2 saturated heterocycles. The van der Waals surface area contributed by atoms with Gasteiger partial charge in [0.05, 0.1) is 10.0 Å². The van der Waals surface area contributed by atoms with Crippen LogP contribution < -0.4 is 5.73 Å². The van der Waals surface area contributed by atoms with Crippen molar-refractivity contribution >= 4 is 27.5 Å². The van der Waals surface area contributed by atoms with E-state index in [-0.39, 0.29) is 5.91 Å². The van der Waals surface area contributed by atoms with E-state index < -0.39 is 0 Å². The SMILES string of the molecule is CN1CCCC2CN(C(=O)c3cccc(N)c3Br)CCC21. The molecule has 0 aliphatic carbocycles. The number of nitrogen functional groups attached to an aromatic ring is 1. The van der Waals surface area contributed by atoms with Crippen LogP contribution in [0.4, 0.5) is 5.69 Å². The molecule has 1 amide bonds. The van der Waals surface area contributed by atoms with E-state index in [2.05, 4.69) is 27.9 Å². The molecule has 1 aromatic rings. The number of benzene rings is 1. The van der Waals surface area contributed by atoms with Crippen molar-refractivity contribution in [1.82, 2.24) is 9.80 Å². The lowest BCUT2D eigenvalue weighted by Crippen LogP contribution is -2.53. The third-order valence-electron chi connectivity index (χ3n) is 4.89. The molecule has 0 spiro atoms. The number of rotatable bonds is 1. The largest absolute Gasteiger partial charge is 0.398 e. The highest BCUT2D eigenvalue weighted by Crippen LogP contribution is 2.31. The molecule has 21 heavy (non-hydrogen) atoms. The predicted octanol–water partition coefficient (Wildman–Crippen LogP) is 2.59. The topological polar surface area (TPSA) is 49.6 Å². The number of fused-ring (bicyclic) bond motifs is 1. The molecule has 0 radical (unpaired) electrons. The minimum absolute atomic E-state index is 0.0980. The zero-order valence-corrected chi connectivity index (χ0v) is 14.0. The first-order valence-corrected chi connectivity index (χ1v) is 8.40. The summed E-state index contributed by atoms with van der Waals surface area (Å²) in [6.07, 6.45) is 3.55. The molecule has 0 aromatic heterocycles. The number of amides is 1. The summed E-state index contributed by atoms with van der Waals surface area (Å²) in [6, 6.07) is 6.14. The van der Waals surface area contributed by atoms with Gasteiger partial charge in [-0.05, 0) is 66.8 Å². The van der Waals surface area contributed by atoms with E-state index >= 15 is 0 Å². The van der Waals surface area contributed by atoms with Crippen LogP contribution in [-0.2, 0) is 0 Å². The Bertz CT molecular complexity index is 548. The van der Waals surface area contributed by atoms with Crippen molar-refractivity contribution in [3.63, 3.8) is 0 Å². The Hall–Kier alpha value is -1.07. The summed E-state index contributed by atoms with van der Waals surface area (Å²) in [5.41, 5.74) is 7.19. The molecule has 2 aliphatic heterocycles. The molecule has 0 saturated carbocycles. The molecule has 2 N–H and O–H groups in total. The molecule has 2 fully saturated rings. The van der Waals surface area contributed by atoms with Gasteiger partial charge in [0.2, 0.25) is 0 Å². The van der Waals surface area contributed by atoms with E-state index in [9.17, 15) is 4.79 Å². The first-order chi connectivity index (χ1) is 10.1. The van der Waals surface area contributed by atoms with E-state index in [4.69, 9.17) is 5.73 Å². The van der Waals surface area contributed by atoms with Gasteiger partial charge in [-0.2, -0.15) is 0 Å². The summed E-state index contributed by atoms with van der Waals surface area (Å²) in [4.78, 5) is 17.2. The Morgan fingerprint density at radius 3 is 2.95 bits per heavy atom. The van der Waals surface area contributed by atoms with Crippen LogP contribution in [0, 0.1) is 5.92 Å². The van der Waals surface area contributed by atoms with Crippen LogP contribution in [0.15, 0.2) is 22.7 Å². The second-order valence-electron chi connectivity index (χ2n) is 6.20. The average Bonchev–Trinajstić information content (AvgIpc) is 2.49. The van der Waals surface area contributed by atoms with Crippen molar-refractivity contribution < 1.29 is 4.79 Å². The van der Waals surface area contributed by atoms with Crippen LogP contribution in [-0.4, -0.2) is 48.4 Å². The normalized spacial score (nSPS) is 26.5. The number of halogens is 1. The third-order valence-corrected chi connectivity index (χ3v) is 5.78. The van der Waals surface area contributed by atoms with Gasteiger partial charge in [0, 0.05) is 24.8 Å². The monoisotopic (exact) mass is 351 g/mol. The van der Waals surface area contributed by atoms with Gasteiger partial charge >= 0.3 is 0 Å². The summed E-state index contributed by atoms with van der Waals surface area (Å²) in [5, 5.41) is 0. The van der Waals surface area contributed by atoms with Crippen LogP contribution in [0.25, 0.3) is 0 Å². The molecule has 4 nitrogen and oxygen atoms in total. The summed E-state index contributed by atoms with van der Waals surface area (Å²) in [6.45, 7) is 2.90. The molecule has 2 aliphatic rings. The smallest absolute Gasteiger partial charge is 0.255 e. The highest BCUT2D eigenvalue weighted by Gasteiger charge is 2.36. The van der Waals surface area contributed by atoms with Gasteiger partial charge in [0.25, 0.3) is 5.91 Å². The third kappa shape index (κ3) is 2.81. The fraction of sp³-hybridized carbons (Fsp3) is 0.562. The lowest BCUT2D eigenvalue weighted by molar-refractivity contribution is 0.0316. The number of piperidine rings is 2. The Kier molecular flexibility index (Phi) is 4.22.